The molecule has 0 rings (SSSR count). The number of carbonyl (C=O) groups is 3. The Bertz CT molecular complexity index is 1160. The van der Waals surface area contributed by atoms with Crippen molar-refractivity contribution >= 4 is 17.9 Å². The molecule has 0 spiro atoms. The summed E-state index contributed by atoms with van der Waals surface area (Å²) in [6.45, 7) is 6.60. The van der Waals surface area contributed by atoms with Crippen molar-refractivity contribution < 1.29 is 28.6 Å². The standard InChI is InChI=1S/C63H116O6/c1-4-7-10-13-16-19-22-24-26-27-28-29-30-31-32-33-34-35-36-37-38-40-41-44-47-50-53-56-62(65)68-59-60(58-67-61(64)55-52-49-46-43-21-18-15-12-9-6-3)69-63(66)57-54-51-48-45-42-39-25-23-20-17-14-11-8-5-2/h12,15,22,24,27-28,60H,4-11,13-14,16-21,23,25-26,29-59H2,1-3H3/b15-12-,24-22-,28-27-. The number of hydrogen-bond acceptors (Lipinski definition) is 6. The number of esters is 3. The lowest BCUT2D eigenvalue weighted by atomic mass is 10.0. The van der Waals surface area contributed by atoms with Crippen LogP contribution in [-0.2, 0) is 28.6 Å². The van der Waals surface area contributed by atoms with Crippen molar-refractivity contribution in [1.82, 2.24) is 0 Å². The van der Waals surface area contributed by atoms with Gasteiger partial charge in [-0.15, -0.1) is 0 Å². The zero-order valence-electron chi connectivity index (χ0n) is 46.3. The first kappa shape index (κ1) is 66.6. The van der Waals surface area contributed by atoms with E-state index >= 15 is 0 Å². The predicted molar refractivity (Wildman–Crippen MR) is 298 cm³/mol. The molecular formula is C63H116O6. The van der Waals surface area contributed by atoms with E-state index < -0.39 is 6.10 Å². The maximum Gasteiger partial charge on any atom is 0.306 e. The smallest absolute Gasteiger partial charge is 0.306 e. The van der Waals surface area contributed by atoms with Crippen LogP contribution in [0.15, 0.2) is 36.5 Å². The zero-order valence-corrected chi connectivity index (χ0v) is 46.3. The van der Waals surface area contributed by atoms with Crippen molar-refractivity contribution in [2.45, 2.75) is 335 Å². The van der Waals surface area contributed by atoms with E-state index in [1.54, 1.807) is 0 Å². The van der Waals surface area contributed by atoms with Crippen LogP contribution in [0.1, 0.15) is 329 Å². The van der Waals surface area contributed by atoms with Gasteiger partial charge in [0.2, 0.25) is 0 Å². The van der Waals surface area contributed by atoms with Crippen molar-refractivity contribution in [3.05, 3.63) is 36.5 Å². The molecule has 0 aromatic heterocycles. The van der Waals surface area contributed by atoms with Gasteiger partial charge in [-0.25, -0.2) is 0 Å². The molecule has 6 nitrogen and oxygen atoms in total. The molecule has 0 saturated heterocycles. The monoisotopic (exact) mass is 969 g/mol. The Morgan fingerprint density at radius 3 is 0.870 bits per heavy atom. The first-order chi connectivity index (χ1) is 34.0. The summed E-state index contributed by atoms with van der Waals surface area (Å²) in [5.74, 6) is -0.864. The largest absolute Gasteiger partial charge is 0.462 e. The maximum absolute atomic E-state index is 12.8. The minimum absolute atomic E-state index is 0.0705. The third-order valence-corrected chi connectivity index (χ3v) is 13.6. The summed E-state index contributed by atoms with van der Waals surface area (Å²) in [5, 5.41) is 0. The number of carbonyl (C=O) groups excluding carboxylic acids is 3. The summed E-state index contributed by atoms with van der Waals surface area (Å²) in [6, 6.07) is 0. The van der Waals surface area contributed by atoms with E-state index in [2.05, 4.69) is 57.2 Å². The fourth-order valence-electron chi connectivity index (χ4n) is 9.01. The SMILES string of the molecule is CCC/C=C\CCCCCCCC(=O)OCC(COC(=O)CCCCCCCCCCCCCCCCC/C=C\C/C=C\CCCCCCC)OC(=O)CCCCCCCCCCCCCCCC. The van der Waals surface area contributed by atoms with Crippen LogP contribution in [0.3, 0.4) is 0 Å². The summed E-state index contributed by atoms with van der Waals surface area (Å²) in [4.78, 5) is 38.1. The second kappa shape index (κ2) is 58.2. The zero-order chi connectivity index (χ0) is 50.0. The van der Waals surface area contributed by atoms with Gasteiger partial charge >= 0.3 is 17.9 Å². The van der Waals surface area contributed by atoms with Crippen LogP contribution in [0, 0.1) is 0 Å². The quantitative estimate of drug-likeness (QED) is 0.0261. The van der Waals surface area contributed by atoms with Crippen molar-refractivity contribution in [2.75, 3.05) is 13.2 Å². The van der Waals surface area contributed by atoms with E-state index in [4.69, 9.17) is 14.2 Å². The highest BCUT2D eigenvalue weighted by atomic mass is 16.6. The molecule has 1 atom stereocenters. The molecule has 6 heteroatoms. The van der Waals surface area contributed by atoms with Crippen molar-refractivity contribution in [2.24, 2.45) is 0 Å². The summed E-state index contributed by atoms with van der Waals surface area (Å²) in [5.41, 5.74) is 0. The summed E-state index contributed by atoms with van der Waals surface area (Å²) in [7, 11) is 0. The molecule has 0 N–H and O–H groups in total. The minimum Gasteiger partial charge on any atom is -0.462 e. The molecule has 0 heterocycles. The molecule has 0 aromatic rings. The van der Waals surface area contributed by atoms with Gasteiger partial charge in [-0.3, -0.25) is 14.4 Å². The molecule has 0 saturated carbocycles. The number of ether oxygens (including phenoxy) is 3. The van der Waals surface area contributed by atoms with Gasteiger partial charge in [0, 0.05) is 19.3 Å². The van der Waals surface area contributed by atoms with Crippen LogP contribution in [0.25, 0.3) is 0 Å². The molecule has 404 valence electrons. The highest BCUT2D eigenvalue weighted by molar-refractivity contribution is 5.71. The van der Waals surface area contributed by atoms with Crippen molar-refractivity contribution in [3.63, 3.8) is 0 Å². The van der Waals surface area contributed by atoms with E-state index in [1.165, 1.54) is 212 Å². The molecule has 0 aromatic carbocycles. The van der Waals surface area contributed by atoms with Crippen LogP contribution < -0.4 is 0 Å². The third kappa shape index (κ3) is 56.4. The average molecular weight is 970 g/mol. The van der Waals surface area contributed by atoms with Gasteiger partial charge in [0.15, 0.2) is 6.10 Å². The Balaban J connectivity index is 4.13. The van der Waals surface area contributed by atoms with E-state index in [-0.39, 0.29) is 31.1 Å². The van der Waals surface area contributed by atoms with Crippen molar-refractivity contribution in [3.8, 4) is 0 Å². The average Bonchev–Trinajstić information content (AvgIpc) is 3.35. The van der Waals surface area contributed by atoms with Crippen LogP contribution >= 0.6 is 0 Å². The van der Waals surface area contributed by atoms with Crippen LogP contribution in [0.5, 0.6) is 0 Å². The Labute approximate surface area is 429 Å². The summed E-state index contributed by atoms with van der Waals surface area (Å²) < 4.78 is 16.9. The normalized spacial score (nSPS) is 12.2. The summed E-state index contributed by atoms with van der Waals surface area (Å²) >= 11 is 0. The highest BCUT2D eigenvalue weighted by Crippen LogP contribution is 2.17. The fraction of sp³-hybridized carbons (Fsp3) is 0.857. The first-order valence-corrected chi connectivity index (χ1v) is 30.5. The summed E-state index contributed by atoms with van der Waals surface area (Å²) in [6.07, 6.45) is 70.2. The van der Waals surface area contributed by atoms with Gasteiger partial charge in [0.25, 0.3) is 0 Å². The van der Waals surface area contributed by atoms with E-state index in [1.807, 2.05) is 0 Å². The Morgan fingerprint density at radius 2 is 0.551 bits per heavy atom. The van der Waals surface area contributed by atoms with E-state index in [9.17, 15) is 14.4 Å². The molecule has 0 aliphatic carbocycles. The molecule has 69 heavy (non-hydrogen) atoms. The molecular weight excluding hydrogens is 853 g/mol. The lowest BCUT2D eigenvalue weighted by Gasteiger charge is -2.18. The number of allylic oxidation sites excluding steroid dienone is 6. The molecule has 0 radical (unpaired) electrons. The van der Waals surface area contributed by atoms with Gasteiger partial charge in [0.05, 0.1) is 0 Å². The Morgan fingerprint density at radius 1 is 0.290 bits per heavy atom. The second-order valence-corrected chi connectivity index (χ2v) is 20.6. The number of unbranched alkanes of at least 4 members (excludes halogenated alkanes) is 39. The van der Waals surface area contributed by atoms with Crippen LogP contribution in [0.2, 0.25) is 0 Å². The van der Waals surface area contributed by atoms with E-state index in [0.29, 0.717) is 19.3 Å². The Hall–Kier alpha value is -2.37. The lowest BCUT2D eigenvalue weighted by Crippen LogP contribution is -2.30. The highest BCUT2D eigenvalue weighted by Gasteiger charge is 2.19. The molecule has 0 fully saturated rings. The number of rotatable bonds is 56. The van der Waals surface area contributed by atoms with Gasteiger partial charge in [-0.2, -0.15) is 0 Å². The van der Waals surface area contributed by atoms with Crippen molar-refractivity contribution in [1.29, 1.82) is 0 Å². The Kier molecular flexibility index (Phi) is 56.2. The second-order valence-electron chi connectivity index (χ2n) is 20.6. The van der Waals surface area contributed by atoms with Crippen LogP contribution in [-0.4, -0.2) is 37.2 Å². The topological polar surface area (TPSA) is 78.9 Å². The van der Waals surface area contributed by atoms with Gasteiger partial charge in [-0.1, -0.05) is 276 Å². The van der Waals surface area contributed by atoms with E-state index in [0.717, 1.165) is 77.0 Å². The first-order valence-electron chi connectivity index (χ1n) is 30.5. The van der Waals surface area contributed by atoms with Gasteiger partial charge in [-0.05, 0) is 70.6 Å². The minimum atomic E-state index is -0.771. The lowest BCUT2D eigenvalue weighted by molar-refractivity contribution is -0.167. The maximum atomic E-state index is 12.8. The molecule has 0 amide bonds. The molecule has 1 unspecified atom stereocenters. The van der Waals surface area contributed by atoms with Gasteiger partial charge < -0.3 is 14.2 Å². The number of hydrogen-bond donors (Lipinski definition) is 0. The molecule has 0 aliphatic rings. The predicted octanol–water partition coefficient (Wildman–Crippen LogP) is 20.4. The van der Waals surface area contributed by atoms with Crippen LogP contribution in [0.4, 0.5) is 0 Å². The fourth-order valence-corrected chi connectivity index (χ4v) is 9.01. The third-order valence-electron chi connectivity index (χ3n) is 13.6. The molecule has 0 bridgehead atoms. The molecule has 0 aliphatic heterocycles. The van der Waals surface area contributed by atoms with Gasteiger partial charge in [0.1, 0.15) is 13.2 Å².